The topological polar surface area (TPSA) is 87.7 Å². The number of carboxylic acid groups (broad SMARTS) is 1. The van der Waals surface area contributed by atoms with Gasteiger partial charge in [-0.15, -0.1) is 0 Å². The number of anilines is 1. The molecule has 1 aromatic rings. The lowest BCUT2D eigenvalue weighted by molar-refractivity contribution is -0.133. The van der Waals surface area contributed by atoms with E-state index >= 15 is 0 Å². The lowest BCUT2D eigenvalue weighted by Gasteiger charge is -2.11. The van der Waals surface area contributed by atoms with Crippen molar-refractivity contribution < 1.29 is 23.8 Å². The molecule has 0 fully saturated rings. The van der Waals surface area contributed by atoms with E-state index < -0.39 is 17.7 Å². The molecule has 6 nitrogen and oxygen atoms in total. The number of hydrogen-bond donors (Lipinski definition) is 3. The number of rotatable bonds is 9. The number of nitrogens with one attached hydrogen (secondary N) is 2. The van der Waals surface area contributed by atoms with Crippen molar-refractivity contribution in [2.75, 3.05) is 25.5 Å². The second-order valence-corrected chi connectivity index (χ2v) is 6.72. The summed E-state index contributed by atoms with van der Waals surface area (Å²) in [6, 6.07) is 4.52. The van der Waals surface area contributed by atoms with Gasteiger partial charge in [0.2, 0.25) is 0 Å². The molecule has 0 aromatic heterocycles. The quantitative estimate of drug-likeness (QED) is 0.332. The van der Waals surface area contributed by atoms with Crippen molar-refractivity contribution in [2.45, 2.75) is 33.1 Å². The molecule has 0 spiro atoms. The molecule has 156 valence electrons. The van der Waals surface area contributed by atoms with Gasteiger partial charge >= 0.3 is 5.97 Å². The summed E-state index contributed by atoms with van der Waals surface area (Å²) in [5.74, 6) is -1.54. The third-order valence-electron chi connectivity index (χ3n) is 4.65. The monoisotopic (exact) mass is 402 g/mol. The standard InChI is InChI=1S/C22H27FN2O4/c1-4-15(12-14(2)29-11-10-24-3)16-8-9-20(19(23)13-16)25-21(26)17-6-5-7-18(17)22(27)28/h4,8-9,12-13,24H,5-7,10-11H2,1-3H3,(H,25,26)(H,27,28)/b14-12+,15-4+. The molecule has 0 saturated carbocycles. The summed E-state index contributed by atoms with van der Waals surface area (Å²) in [5, 5.41) is 14.7. The molecule has 0 aliphatic heterocycles. The largest absolute Gasteiger partial charge is 0.497 e. The molecule has 0 saturated heterocycles. The van der Waals surface area contributed by atoms with Crippen molar-refractivity contribution >= 4 is 23.1 Å². The number of carbonyl (C=O) groups is 2. The minimum absolute atomic E-state index is 0.0179. The summed E-state index contributed by atoms with van der Waals surface area (Å²) in [6.07, 6.45) is 5.02. The molecule has 3 N–H and O–H groups in total. The van der Waals surface area contributed by atoms with E-state index in [2.05, 4.69) is 10.6 Å². The van der Waals surface area contributed by atoms with Crippen molar-refractivity contribution in [3.8, 4) is 0 Å². The number of carbonyl (C=O) groups excluding carboxylic acids is 1. The van der Waals surface area contributed by atoms with Gasteiger partial charge in [-0.1, -0.05) is 12.1 Å². The molecule has 29 heavy (non-hydrogen) atoms. The Morgan fingerprint density at radius 3 is 2.62 bits per heavy atom. The zero-order chi connectivity index (χ0) is 21.4. The van der Waals surface area contributed by atoms with Crippen LogP contribution in [0.15, 0.2) is 47.3 Å². The van der Waals surface area contributed by atoms with Crippen LogP contribution in [0.4, 0.5) is 10.1 Å². The summed E-state index contributed by atoms with van der Waals surface area (Å²) >= 11 is 0. The molecule has 1 amide bonds. The number of allylic oxidation sites excluding steroid dienone is 4. The Balaban J connectivity index is 2.15. The lowest BCUT2D eigenvalue weighted by Crippen LogP contribution is -2.17. The number of halogens is 1. The van der Waals surface area contributed by atoms with Gasteiger partial charge in [-0.2, -0.15) is 0 Å². The number of amides is 1. The average molecular weight is 402 g/mol. The minimum atomic E-state index is -1.10. The first-order valence-electron chi connectivity index (χ1n) is 9.56. The van der Waals surface area contributed by atoms with Crippen molar-refractivity contribution in [2.24, 2.45) is 0 Å². The van der Waals surface area contributed by atoms with E-state index in [4.69, 9.17) is 4.74 Å². The highest BCUT2D eigenvalue weighted by atomic mass is 19.1. The molecule has 7 heteroatoms. The van der Waals surface area contributed by atoms with Crippen LogP contribution in [0.5, 0.6) is 0 Å². The fourth-order valence-electron chi connectivity index (χ4n) is 3.13. The van der Waals surface area contributed by atoms with Gasteiger partial charge in [0.1, 0.15) is 12.4 Å². The molecular weight excluding hydrogens is 375 g/mol. The number of hydrogen-bond acceptors (Lipinski definition) is 4. The Kier molecular flexibility index (Phi) is 8.15. The molecule has 0 heterocycles. The van der Waals surface area contributed by atoms with Crippen LogP contribution < -0.4 is 10.6 Å². The van der Waals surface area contributed by atoms with E-state index in [9.17, 15) is 19.1 Å². The molecule has 1 aromatic carbocycles. The second-order valence-electron chi connectivity index (χ2n) is 6.72. The minimum Gasteiger partial charge on any atom is -0.497 e. The van der Waals surface area contributed by atoms with E-state index in [1.54, 1.807) is 6.07 Å². The molecular formula is C22H27FN2O4. The molecule has 2 rings (SSSR count). The second kappa shape index (κ2) is 10.6. The van der Waals surface area contributed by atoms with Gasteiger partial charge in [0.25, 0.3) is 5.91 Å². The Morgan fingerprint density at radius 2 is 2.00 bits per heavy atom. The highest BCUT2D eigenvalue weighted by Crippen LogP contribution is 2.28. The number of benzene rings is 1. The van der Waals surface area contributed by atoms with Crippen LogP contribution in [0.1, 0.15) is 38.7 Å². The number of likely N-dealkylation sites (N-methyl/N-ethyl adjacent to an activating group) is 1. The van der Waals surface area contributed by atoms with Gasteiger partial charge in [-0.25, -0.2) is 9.18 Å². The van der Waals surface area contributed by atoms with Crippen molar-refractivity contribution in [3.05, 3.63) is 58.6 Å². The van der Waals surface area contributed by atoms with Crippen LogP contribution in [0.25, 0.3) is 5.57 Å². The maximum absolute atomic E-state index is 14.6. The fourth-order valence-corrected chi connectivity index (χ4v) is 3.13. The van der Waals surface area contributed by atoms with Gasteiger partial charge in [-0.05, 0) is 69.5 Å². The Morgan fingerprint density at radius 1 is 1.28 bits per heavy atom. The average Bonchev–Trinajstić information content (AvgIpc) is 3.18. The Hall–Kier alpha value is -2.93. The van der Waals surface area contributed by atoms with Crippen LogP contribution >= 0.6 is 0 Å². The first kappa shape index (κ1) is 22.4. The van der Waals surface area contributed by atoms with Crippen LogP contribution in [0, 0.1) is 5.82 Å². The third kappa shape index (κ3) is 6.02. The molecule has 0 unspecified atom stereocenters. The zero-order valence-corrected chi connectivity index (χ0v) is 17.0. The number of aliphatic carboxylic acids is 1. The van der Waals surface area contributed by atoms with Crippen molar-refractivity contribution in [3.63, 3.8) is 0 Å². The van der Waals surface area contributed by atoms with Crippen LogP contribution in [-0.4, -0.2) is 37.2 Å². The zero-order valence-electron chi connectivity index (χ0n) is 17.0. The molecule has 1 aliphatic carbocycles. The Bertz CT molecular complexity index is 872. The van der Waals surface area contributed by atoms with Gasteiger partial charge < -0.3 is 20.5 Å². The molecule has 0 bridgehead atoms. The van der Waals surface area contributed by atoms with Gasteiger partial charge in [0.15, 0.2) is 0 Å². The predicted octanol–water partition coefficient (Wildman–Crippen LogP) is 3.87. The summed E-state index contributed by atoms with van der Waals surface area (Å²) in [5.41, 5.74) is 1.77. The number of carboxylic acids is 1. The molecule has 0 radical (unpaired) electrons. The van der Waals surface area contributed by atoms with Gasteiger partial charge in [0.05, 0.1) is 11.4 Å². The summed E-state index contributed by atoms with van der Waals surface area (Å²) < 4.78 is 20.2. The van der Waals surface area contributed by atoms with E-state index in [1.165, 1.54) is 12.1 Å². The maximum atomic E-state index is 14.6. The van der Waals surface area contributed by atoms with E-state index in [1.807, 2.05) is 33.0 Å². The normalized spacial score (nSPS) is 14.9. The van der Waals surface area contributed by atoms with Gasteiger partial charge in [-0.3, -0.25) is 4.79 Å². The SMILES string of the molecule is C/C=C(\C=C(/C)OCCNC)c1ccc(NC(=O)C2=C(C(=O)O)CCC2)c(F)c1. The predicted molar refractivity (Wildman–Crippen MR) is 111 cm³/mol. The van der Waals surface area contributed by atoms with Crippen LogP contribution in [0.2, 0.25) is 0 Å². The highest BCUT2D eigenvalue weighted by Gasteiger charge is 2.25. The van der Waals surface area contributed by atoms with E-state index in [0.717, 1.165) is 12.1 Å². The smallest absolute Gasteiger partial charge is 0.332 e. The fraction of sp³-hybridized carbons (Fsp3) is 0.364. The van der Waals surface area contributed by atoms with Crippen molar-refractivity contribution in [1.82, 2.24) is 5.32 Å². The maximum Gasteiger partial charge on any atom is 0.332 e. The number of ether oxygens (including phenoxy) is 1. The first-order chi connectivity index (χ1) is 13.9. The molecule has 1 aliphatic rings. The lowest BCUT2D eigenvalue weighted by atomic mass is 10.0. The van der Waals surface area contributed by atoms with Crippen LogP contribution in [-0.2, 0) is 14.3 Å². The summed E-state index contributed by atoms with van der Waals surface area (Å²) in [6.45, 7) is 4.93. The van der Waals surface area contributed by atoms with Gasteiger partial charge in [0, 0.05) is 17.7 Å². The third-order valence-corrected chi connectivity index (χ3v) is 4.65. The van der Waals surface area contributed by atoms with E-state index in [-0.39, 0.29) is 16.8 Å². The van der Waals surface area contributed by atoms with E-state index in [0.29, 0.717) is 37.2 Å². The summed E-state index contributed by atoms with van der Waals surface area (Å²) in [4.78, 5) is 23.6. The van der Waals surface area contributed by atoms with Crippen molar-refractivity contribution in [1.29, 1.82) is 0 Å². The van der Waals surface area contributed by atoms with Crippen LogP contribution in [0.3, 0.4) is 0 Å². The molecule has 0 atom stereocenters. The highest BCUT2D eigenvalue weighted by molar-refractivity contribution is 6.09. The summed E-state index contributed by atoms with van der Waals surface area (Å²) in [7, 11) is 1.84. The first-order valence-corrected chi connectivity index (χ1v) is 9.56. The Labute approximate surface area is 170 Å².